The third kappa shape index (κ3) is 6.48. The Morgan fingerprint density at radius 3 is 2.59 bits per heavy atom. The first-order chi connectivity index (χ1) is 13.5. The Kier molecular flexibility index (Phi) is 9.04. The van der Waals surface area contributed by atoms with Gasteiger partial charge in [0.15, 0.2) is 5.96 Å². The van der Waals surface area contributed by atoms with Gasteiger partial charge in [0.1, 0.15) is 5.82 Å². The molecular weight excluding hydrogens is 501 g/mol. The molecule has 160 valence electrons. The average molecular weight is 532 g/mol. The Balaban J connectivity index is 0.00000300. The summed E-state index contributed by atoms with van der Waals surface area (Å²) in [4.78, 5) is 15.8. The molecule has 1 saturated heterocycles. The standard InChI is InChI=1S/C20H30ClN7.HI/c1-22-20(27(4)15-18-12-17(21)14-26(18)3)24-13-16-5-6-23-19(11-16)28-9-7-25(2)8-10-28;/h5-6,11-12,14H,7-10,13,15H2,1-4H3,(H,22,24);1H. The van der Waals surface area contributed by atoms with Crippen LogP contribution in [0, 0.1) is 0 Å². The SMILES string of the molecule is CN=C(NCc1ccnc(N2CCN(C)CC2)c1)N(C)Cc1cc(Cl)cn1C.I. The van der Waals surface area contributed by atoms with Gasteiger partial charge in [-0.15, -0.1) is 24.0 Å². The lowest BCUT2D eigenvalue weighted by Gasteiger charge is -2.33. The van der Waals surface area contributed by atoms with Gasteiger partial charge in [-0.3, -0.25) is 4.99 Å². The summed E-state index contributed by atoms with van der Waals surface area (Å²) in [5.74, 6) is 1.89. The zero-order valence-corrected chi connectivity index (χ0v) is 20.7. The Hall–Kier alpha value is -1.52. The molecular formula is C20H31ClIN7. The lowest BCUT2D eigenvalue weighted by molar-refractivity contribution is 0.312. The first-order valence-corrected chi connectivity index (χ1v) is 9.95. The van der Waals surface area contributed by atoms with Gasteiger partial charge in [-0.2, -0.15) is 0 Å². The van der Waals surface area contributed by atoms with E-state index in [1.165, 1.54) is 5.56 Å². The molecule has 0 saturated carbocycles. The number of guanidine groups is 1. The predicted octanol–water partition coefficient (Wildman–Crippen LogP) is 2.65. The van der Waals surface area contributed by atoms with E-state index in [1.54, 1.807) is 7.05 Å². The summed E-state index contributed by atoms with van der Waals surface area (Å²) in [5.41, 5.74) is 2.33. The van der Waals surface area contributed by atoms with Gasteiger partial charge in [-0.05, 0) is 30.8 Å². The number of aromatic nitrogens is 2. The van der Waals surface area contributed by atoms with Crippen LogP contribution in [0.25, 0.3) is 0 Å². The van der Waals surface area contributed by atoms with E-state index >= 15 is 0 Å². The number of piperazine rings is 1. The fourth-order valence-electron chi connectivity index (χ4n) is 3.39. The van der Waals surface area contributed by atoms with Crippen molar-refractivity contribution >= 4 is 47.4 Å². The molecule has 1 aliphatic rings. The molecule has 0 amide bonds. The molecule has 7 nitrogen and oxygen atoms in total. The summed E-state index contributed by atoms with van der Waals surface area (Å²) < 4.78 is 2.04. The summed E-state index contributed by atoms with van der Waals surface area (Å²) in [6.07, 6.45) is 3.81. The molecule has 1 aliphatic heterocycles. The number of likely N-dealkylation sites (N-methyl/N-ethyl adjacent to an activating group) is 1. The third-order valence-corrected chi connectivity index (χ3v) is 5.34. The summed E-state index contributed by atoms with van der Waals surface area (Å²) >= 11 is 6.09. The minimum absolute atomic E-state index is 0. The molecule has 0 radical (unpaired) electrons. The number of nitrogens with one attached hydrogen (secondary N) is 1. The second kappa shape index (κ2) is 11.0. The van der Waals surface area contributed by atoms with Gasteiger partial charge >= 0.3 is 0 Å². The predicted molar refractivity (Wildman–Crippen MR) is 131 cm³/mol. The highest BCUT2D eigenvalue weighted by Crippen LogP contribution is 2.16. The number of hydrogen-bond acceptors (Lipinski definition) is 4. The molecule has 29 heavy (non-hydrogen) atoms. The Morgan fingerprint density at radius 1 is 1.24 bits per heavy atom. The smallest absolute Gasteiger partial charge is 0.194 e. The molecule has 0 atom stereocenters. The highest BCUT2D eigenvalue weighted by Gasteiger charge is 2.15. The summed E-state index contributed by atoms with van der Waals surface area (Å²) in [5, 5.41) is 4.20. The molecule has 0 aliphatic carbocycles. The van der Waals surface area contributed by atoms with Crippen LogP contribution in [0.1, 0.15) is 11.3 Å². The van der Waals surface area contributed by atoms with Crippen LogP contribution < -0.4 is 10.2 Å². The van der Waals surface area contributed by atoms with E-state index in [4.69, 9.17) is 11.6 Å². The highest BCUT2D eigenvalue weighted by molar-refractivity contribution is 14.0. The fraction of sp³-hybridized carbons (Fsp3) is 0.500. The molecule has 0 spiro atoms. The molecule has 3 rings (SSSR count). The minimum Gasteiger partial charge on any atom is -0.354 e. The van der Waals surface area contributed by atoms with Crippen molar-refractivity contribution in [2.45, 2.75) is 13.1 Å². The van der Waals surface area contributed by atoms with Crippen LogP contribution >= 0.6 is 35.6 Å². The second-order valence-corrected chi connectivity index (χ2v) is 7.77. The lowest BCUT2D eigenvalue weighted by atomic mass is 10.2. The van der Waals surface area contributed by atoms with Crippen LogP contribution in [0.4, 0.5) is 5.82 Å². The Bertz CT molecular complexity index is 815. The largest absolute Gasteiger partial charge is 0.354 e. The molecule has 0 bridgehead atoms. The first kappa shape index (κ1) is 23.8. The quantitative estimate of drug-likeness (QED) is 0.365. The zero-order chi connectivity index (χ0) is 20.1. The van der Waals surface area contributed by atoms with E-state index in [1.807, 2.05) is 37.1 Å². The van der Waals surface area contributed by atoms with Gasteiger partial charge in [0.25, 0.3) is 0 Å². The maximum atomic E-state index is 6.09. The molecule has 9 heteroatoms. The van der Waals surface area contributed by atoms with Crippen molar-refractivity contribution in [1.82, 2.24) is 24.7 Å². The fourth-order valence-corrected chi connectivity index (χ4v) is 3.66. The summed E-state index contributed by atoms with van der Waals surface area (Å²) in [6, 6.07) is 6.20. The maximum Gasteiger partial charge on any atom is 0.194 e. The number of rotatable bonds is 5. The molecule has 2 aromatic heterocycles. The van der Waals surface area contributed by atoms with Gasteiger partial charge < -0.3 is 24.6 Å². The van der Waals surface area contributed by atoms with E-state index in [0.717, 1.165) is 55.2 Å². The van der Waals surface area contributed by atoms with Gasteiger partial charge in [0, 0.05) is 72.0 Å². The zero-order valence-electron chi connectivity index (χ0n) is 17.6. The number of aryl methyl sites for hydroxylation is 1. The van der Waals surface area contributed by atoms with Crippen molar-refractivity contribution in [2.24, 2.45) is 12.0 Å². The molecule has 0 aromatic carbocycles. The number of nitrogens with zero attached hydrogens (tertiary/aromatic N) is 6. The van der Waals surface area contributed by atoms with E-state index in [-0.39, 0.29) is 24.0 Å². The summed E-state index contributed by atoms with van der Waals surface area (Å²) in [7, 11) is 8.00. The summed E-state index contributed by atoms with van der Waals surface area (Å²) in [6.45, 7) is 5.61. The Labute approximate surface area is 195 Å². The highest BCUT2D eigenvalue weighted by atomic mass is 127. The number of pyridine rings is 1. The minimum atomic E-state index is 0. The number of halogens is 2. The maximum absolute atomic E-state index is 6.09. The van der Waals surface area contributed by atoms with Crippen molar-refractivity contribution in [1.29, 1.82) is 0 Å². The third-order valence-electron chi connectivity index (χ3n) is 5.13. The van der Waals surface area contributed by atoms with Crippen LogP contribution in [0.3, 0.4) is 0 Å². The van der Waals surface area contributed by atoms with E-state index in [9.17, 15) is 0 Å². The van der Waals surface area contributed by atoms with Crippen LogP contribution in [-0.4, -0.2) is 72.6 Å². The molecule has 1 N–H and O–H groups in total. The second-order valence-electron chi connectivity index (χ2n) is 7.33. The van der Waals surface area contributed by atoms with Crippen molar-refractivity contribution in [2.75, 3.05) is 52.2 Å². The van der Waals surface area contributed by atoms with Crippen molar-refractivity contribution in [3.63, 3.8) is 0 Å². The topological polar surface area (TPSA) is 51.9 Å². The lowest BCUT2D eigenvalue weighted by Crippen LogP contribution is -2.44. The molecule has 3 heterocycles. The normalized spacial score (nSPS) is 15.2. The van der Waals surface area contributed by atoms with E-state index in [0.29, 0.717) is 6.54 Å². The van der Waals surface area contributed by atoms with Crippen molar-refractivity contribution in [3.8, 4) is 0 Å². The van der Waals surface area contributed by atoms with Gasteiger partial charge in [0.05, 0.1) is 11.6 Å². The molecule has 0 unspecified atom stereocenters. The van der Waals surface area contributed by atoms with Gasteiger partial charge in [-0.25, -0.2) is 4.98 Å². The molecule has 2 aromatic rings. The van der Waals surface area contributed by atoms with Gasteiger partial charge in [0.2, 0.25) is 0 Å². The molecule has 1 fully saturated rings. The van der Waals surface area contributed by atoms with Crippen LogP contribution in [0.2, 0.25) is 5.02 Å². The first-order valence-electron chi connectivity index (χ1n) is 9.57. The van der Waals surface area contributed by atoms with Crippen molar-refractivity contribution < 1.29 is 0 Å². The van der Waals surface area contributed by atoms with E-state index in [2.05, 4.69) is 49.2 Å². The number of anilines is 1. The van der Waals surface area contributed by atoms with E-state index < -0.39 is 0 Å². The van der Waals surface area contributed by atoms with Gasteiger partial charge in [-0.1, -0.05) is 11.6 Å². The van der Waals surface area contributed by atoms with Crippen molar-refractivity contribution in [3.05, 3.63) is 46.9 Å². The average Bonchev–Trinajstić information content (AvgIpc) is 3.00. The number of hydrogen-bond donors (Lipinski definition) is 1. The van der Waals surface area contributed by atoms with Crippen LogP contribution in [0.5, 0.6) is 0 Å². The monoisotopic (exact) mass is 531 g/mol. The van der Waals surface area contributed by atoms with Crippen LogP contribution in [0.15, 0.2) is 35.6 Å². The van der Waals surface area contributed by atoms with Crippen LogP contribution in [-0.2, 0) is 20.1 Å². The Morgan fingerprint density at radius 2 is 1.97 bits per heavy atom. The number of aliphatic imine (C=N–C) groups is 1.